The van der Waals surface area contributed by atoms with Crippen LogP contribution in [-0.2, 0) is 9.59 Å². The Labute approximate surface area is 154 Å². The number of carbonyl (C=O) groups is 2. The molecule has 6 heteroatoms. The highest BCUT2D eigenvalue weighted by molar-refractivity contribution is 6.02. The molecule has 4 rings (SSSR count). The molecule has 132 valence electrons. The van der Waals surface area contributed by atoms with Gasteiger partial charge in [-0.2, -0.15) is 0 Å². The highest BCUT2D eigenvalue weighted by atomic mass is 16.4. The van der Waals surface area contributed by atoms with Crippen LogP contribution in [0, 0.1) is 0 Å². The molecule has 0 aliphatic heterocycles. The van der Waals surface area contributed by atoms with Gasteiger partial charge in [-0.3, -0.25) is 4.79 Å². The summed E-state index contributed by atoms with van der Waals surface area (Å²) in [4.78, 5) is 30.0. The molecule has 27 heavy (non-hydrogen) atoms. The van der Waals surface area contributed by atoms with Gasteiger partial charge in [0.15, 0.2) is 0 Å². The molecule has 3 N–H and O–H groups in total. The highest BCUT2D eigenvalue weighted by Gasteiger charge is 2.07. The number of benzene rings is 3. The van der Waals surface area contributed by atoms with Crippen molar-refractivity contribution in [2.45, 2.75) is 0 Å². The zero-order valence-electron chi connectivity index (χ0n) is 14.1. The minimum Gasteiger partial charge on any atom is -0.478 e. The second-order valence-electron chi connectivity index (χ2n) is 6.04. The first-order valence-corrected chi connectivity index (χ1v) is 8.29. The molecule has 1 heterocycles. The Balaban J connectivity index is 1.59. The van der Waals surface area contributed by atoms with E-state index < -0.39 is 11.9 Å². The average molecular weight is 357 g/mol. The van der Waals surface area contributed by atoms with Gasteiger partial charge in [0.2, 0.25) is 5.91 Å². The Hall–Kier alpha value is -3.93. The van der Waals surface area contributed by atoms with Crippen LogP contribution in [0.2, 0.25) is 0 Å². The number of anilines is 1. The molecule has 0 atom stereocenters. The third kappa shape index (κ3) is 3.55. The van der Waals surface area contributed by atoms with E-state index in [2.05, 4.69) is 33.5 Å². The van der Waals surface area contributed by atoms with Gasteiger partial charge in [-0.1, -0.05) is 24.3 Å². The lowest BCUT2D eigenvalue weighted by Gasteiger charge is -2.03. The minimum absolute atomic E-state index is 0.499. The smallest absolute Gasteiger partial charge is 0.328 e. The Morgan fingerprint density at radius 3 is 2.37 bits per heavy atom. The van der Waals surface area contributed by atoms with Gasteiger partial charge in [-0.15, -0.1) is 0 Å². The maximum absolute atomic E-state index is 11.6. The summed E-state index contributed by atoms with van der Waals surface area (Å²) < 4.78 is 0. The summed E-state index contributed by atoms with van der Waals surface area (Å²) in [7, 11) is 0. The third-order valence-corrected chi connectivity index (χ3v) is 4.15. The molecule has 0 saturated carbocycles. The van der Waals surface area contributed by atoms with Crippen molar-refractivity contribution in [1.29, 1.82) is 0 Å². The van der Waals surface area contributed by atoms with Crippen LogP contribution in [0.5, 0.6) is 0 Å². The lowest BCUT2D eigenvalue weighted by molar-refractivity contribution is -0.131. The van der Waals surface area contributed by atoms with E-state index in [1.54, 1.807) is 12.1 Å². The normalized spacial score (nSPS) is 11.3. The van der Waals surface area contributed by atoms with Crippen molar-refractivity contribution in [1.82, 2.24) is 9.97 Å². The molecule has 3 aromatic carbocycles. The molecule has 0 unspecified atom stereocenters. The topological polar surface area (TPSA) is 95.1 Å². The van der Waals surface area contributed by atoms with Crippen molar-refractivity contribution >= 4 is 39.4 Å². The van der Waals surface area contributed by atoms with E-state index in [0.29, 0.717) is 5.69 Å². The predicted molar refractivity (Wildman–Crippen MR) is 104 cm³/mol. The number of carboxylic acid groups (broad SMARTS) is 1. The molecule has 6 nitrogen and oxygen atoms in total. The van der Waals surface area contributed by atoms with Crippen molar-refractivity contribution in [3.8, 4) is 11.4 Å². The molecule has 0 radical (unpaired) electrons. The largest absolute Gasteiger partial charge is 0.478 e. The number of rotatable bonds is 4. The lowest BCUT2D eigenvalue weighted by Crippen LogP contribution is -2.08. The number of H-pyrrole nitrogens is 1. The van der Waals surface area contributed by atoms with E-state index in [9.17, 15) is 9.59 Å². The van der Waals surface area contributed by atoms with Crippen molar-refractivity contribution in [3.63, 3.8) is 0 Å². The summed E-state index contributed by atoms with van der Waals surface area (Å²) in [5.41, 5.74) is 3.30. The number of hydrogen-bond donors (Lipinski definition) is 3. The standard InChI is InChI=1S/C21H15N3O3/c25-19(9-10-20(26)27)22-16-7-5-13(6-8-16)21-23-17-11-14-3-1-2-4-15(14)12-18(17)24-21/h1-12H,(H,22,25)(H,23,24)(H,26,27)/b10-9+. The first kappa shape index (κ1) is 16.5. The number of aromatic amines is 1. The number of nitrogens with zero attached hydrogens (tertiary/aromatic N) is 1. The minimum atomic E-state index is -1.17. The maximum atomic E-state index is 11.6. The molecule has 0 spiro atoms. The van der Waals surface area contributed by atoms with Gasteiger partial charge in [0.25, 0.3) is 0 Å². The van der Waals surface area contributed by atoms with Crippen molar-refractivity contribution < 1.29 is 14.7 Å². The molecule has 0 fully saturated rings. The molecule has 0 bridgehead atoms. The van der Waals surface area contributed by atoms with E-state index in [1.165, 1.54) is 0 Å². The van der Waals surface area contributed by atoms with Crippen LogP contribution in [-0.4, -0.2) is 27.0 Å². The van der Waals surface area contributed by atoms with E-state index in [0.717, 1.165) is 45.3 Å². The van der Waals surface area contributed by atoms with Crippen LogP contribution in [0.4, 0.5) is 5.69 Å². The Kier molecular flexibility index (Phi) is 4.14. The number of amides is 1. The number of nitrogens with one attached hydrogen (secondary N) is 2. The van der Waals surface area contributed by atoms with Gasteiger partial charge >= 0.3 is 5.97 Å². The van der Waals surface area contributed by atoms with E-state index in [-0.39, 0.29) is 0 Å². The van der Waals surface area contributed by atoms with Crippen LogP contribution in [0.3, 0.4) is 0 Å². The van der Waals surface area contributed by atoms with Crippen molar-refractivity contribution in [2.75, 3.05) is 5.32 Å². The van der Waals surface area contributed by atoms with Gasteiger partial charge in [-0.25, -0.2) is 9.78 Å². The number of imidazole rings is 1. The number of fused-ring (bicyclic) bond motifs is 2. The Morgan fingerprint density at radius 2 is 1.67 bits per heavy atom. The summed E-state index contributed by atoms with van der Waals surface area (Å²) >= 11 is 0. The van der Waals surface area contributed by atoms with E-state index in [4.69, 9.17) is 5.11 Å². The zero-order chi connectivity index (χ0) is 18.8. The number of carbonyl (C=O) groups excluding carboxylic acids is 1. The summed E-state index contributed by atoms with van der Waals surface area (Å²) in [5.74, 6) is -0.928. The molecule has 1 aromatic heterocycles. The van der Waals surface area contributed by atoms with Gasteiger partial charge in [-0.05, 0) is 47.2 Å². The molecule has 4 aromatic rings. The highest BCUT2D eigenvalue weighted by Crippen LogP contribution is 2.25. The van der Waals surface area contributed by atoms with Crippen LogP contribution in [0.1, 0.15) is 0 Å². The molecular weight excluding hydrogens is 342 g/mol. The van der Waals surface area contributed by atoms with Gasteiger partial charge in [0.1, 0.15) is 5.82 Å². The first-order chi connectivity index (χ1) is 13.1. The number of aliphatic carboxylic acids is 1. The van der Waals surface area contributed by atoms with Crippen molar-refractivity contribution in [3.05, 3.63) is 72.8 Å². The molecule has 0 aliphatic carbocycles. The second kappa shape index (κ2) is 6.76. The fourth-order valence-electron chi connectivity index (χ4n) is 2.88. The van der Waals surface area contributed by atoms with Crippen LogP contribution in [0.15, 0.2) is 72.8 Å². The fourth-order valence-corrected chi connectivity index (χ4v) is 2.88. The molecule has 0 saturated heterocycles. The second-order valence-corrected chi connectivity index (χ2v) is 6.04. The Morgan fingerprint density at radius 1 is 0.963 bits per heavy atom. The van der Waals surface area contributed by atoms with E-state index in [1.807, 2.05) is 30.3 Å². The van der Waals surface area contributed by atoms with Crippen molar-refractivity contribution in [2.24, 2.45) is 0 Å². The average Bonchev–Trinajstić information content (AvgIpc) is 3.08. The first-order valence-electron chi connectivity index (χ1n) is 8.29. The van der Waals surface area contributed by atoms with Crippen LogP contribution < -0.4 is 5.32 Å². The van der Waals surface area contributed by atoms with Gasteiger partial charge in [0, 0.05) is 23.4 Å². The maximum Gasteiger partial charge on any atom is 0.328 e. The summed E-state index contributed by atoms with van der Waals surface area (Å²) in [6.45, 7) is 0. The summed E-state index contributed by atoms with van der Waals surface area (Å²) in [6, 6.07) is 19.4. The third-order valence-electron chi connectivity index (χ3n) is 4.15. The number of carboxylic acids is 1. The summed E-state index contributed by atoms with van der Waals surface area (Å²) in [5, 5.41) is 13.4. The zero-order valence-corrected chi connectivity index (χ0v) is 14.1. The van der Waals surface area contributed by atoms with Gasteiger partial charge in [0.05, 0.1) is 11.0 Å². The predicted octanol–water partition coefficient (Wildman–Crippen LogP) is 3.96. The van der Waals surface area contributed by atoms with Crippen LogP contribution in [0.25, 0.3) is 33.2 Å². The van der Waals surface area contributed by atoms with Crippen LogP contribution >= 0.6 is 0 Å². The fraction of sp³-hybridized carbons (Fsp3) is 0. The molecule has 1 amide bonds. The Bertz CT molecular complexity index is 1140. The number of hydrogen-bond acceptors (Lipinski definition) is 3. The quantitative estimate of drug-likeness (QED) is 0.482. The summed E-state index contributed by atoms with van der Waals surface area (Å²) in [6.07, 6.45) is 1.77. The molecular formula is C21H15N3O3. The SMILES string of the molecule is O=C(O)/C=C/C(=O)Nc1ccc(-c2nc3cc4ccccc4cc3[nH]2)cc1. The monoisotopic (exact) mass is 357 g/mol. The van der Waals surface area contributed by atoms with Gasteiger partial charge < -0.3 is 15.4 Å². The molecule has 0 aliphatic rings. The van der Waals surface area contributed by atoms with E-state index >= 15 is 0 Å². The number of aromatic nitrogens is 2. The lowest BCUT2D eigenvalue weighted by atomic mass is 10.1.